The third-order valence-electron chi connectivity index (χ3n) is 4.39. The van der Waals surface area contributed by atoms with Gasteiger partial charge in [0.2, 0.25) is 0 Å². The van der Waals surface area contributed by atoms with Gasteiger partial charge in [0.1, 0.15) is 24.0 Å². The van der Waals surface area contributed by atoms with E-state index in [1.165, 1.54) is 6.07 Å². The number of aliphatic hydroxyl groups excluding tert-OH is 1. The summed E-state index contributed by atoms with van der Waals surface area (Å²) in [5.41, 5.74) is -0.912. The fraction of sp³-hybridized carbons (Fsp3) is 0.263. The van der Waals surface area contributed by atoms with E-state index in [4.69, 9.17) is 27.9 Å². The zero-order valence-electron chi connectivity index (χ0n) is 14.8. The molecule has 2 atom stereocenters. The number of hydrogen-bond acceptors (Lipinski definition) is 4. The lowest BCUT2D eigenvalue weighted by Gasteiger charge is -2.24. The predicted octanol–water partition coefficient (Wildman–Crippen LogP) is 3.96. The summed E-state index contributed by atoms with van der Waals surface area (Å²) in [6.07, 6.45) is -1.05. The van der Waals surface area contributed by atoms with Gasteiger partial charge in [0.15, 0.2) is 0 Å². The second-order valence-electron chi connectivity index (χ2n) is 6.51. The number of carbonyl (C=O) groups excluding carboxylic acids is 2. The Morgan fingerprint density at radius 1 is 1.21 bits per heavy atom. The van der Waals surface area contributed by atoms with E-state index in [9.17, 15) is 14.7 Å². The average molecular weight is 488 g/mol. The van der Waals surface area contributed by atoms with E-state index < -0.39 is 23.6 Å². The zero-order valence-corrected chi connectivity index (χ0v) is 17.9. The van der Waals surface area contributed by atoms with Crippen LogP contribution in [0.15, 0.2) is 46.9 Å². The average Bonchev–Trinajstić information content (AvgIpc) is 2.85. The smallest absolute Gasteiger partial charge is 0.325 e. The van der Waals surface area contributed by atoms with Crippen molar-refractivity contribution >= 4 is 51.1 Å². The van der Waals surface area contributed by atoms with Gasteiger partial charge in [0.05, 0.1) is 6.54 Å². The van der Waals surface area contributed by atoms with Gasteiger partial charge in [-0.15, -0.1) is 0 Å². The SMILES string of the molecule is CC1(c2ccc(Cl)cc2Cl)NC(=O)N(CC(O)COc2ccc(Br)cc2)C1=O. The van der Waals surface area contributed by atoms with Gasteiger partial charge in [-0.3, -0.25) is 9.69 Å². The number of rotatable bonds is 6. The molecule has 0 radical (unpaired) electrons. The first-order chi connectivity index (χ1) is 13.2. The van der Waals surface area contributed by atoms with E-state index in [1.807, 2.05) is 0 Å². The molecular formula is C19H17BrCl2N2O4. The molecule has 1 heterocycles. The van der Waals surface area contributed by atoms with Crippen LogP contribution in [0.3, 0.4) is 0 Å². The van der Waals surface area contributed by atoms with Crippen molar-refractivity contribution < 1.29 is 19.4 Å². The predicted molar refractivity (Wildman–Crippen MR) is 110 cm³/mol. The summed E-state index contributed by atoms with van der Waals surface area (Å²) >= 11 is 15.4. The first-order valence-corrected chi connectivity index (χ1v) is 9.91. The van der Waals surface area contributed by atoms with E-state index in [0.29, 0.717) is 16.3 Å². The Hall–Kier alpha value is -1.80. The quantitative estimate of drug-likeness (QED) is 0.604. The molecule has 3 amide bonds. The molecule has 1 aliphatic rings. The fourth-order valence-corrected chi connectivity index (χ4v) is 3.79. The number of hydrogen-bond donors (Lipinski definition) is 2. The second-order valence-corrected chi connectivity index (χ2v) is 8.27. The summed E-state index contributed by atoms with van der Waals surface area (Å²) in [5.74, 6) is 0.0571. The number of carbonyl (C=O) groups is 2. The van der Waals surface area contributed by atoms with Gasteiger partial charge in [-0.2, -0.15) is 0 Å². The molecule has 0 saturated carbocycles. The minimum Gasteiger partial charge on any atom is -0.491 e. The fourth-order valence-electron chi connectivity index (χ4n) is 2.93. The number of β-amino-alcohol motifs (C(OH)–C–C–N with tert-alkyl or cyclic N) is 1. The first-order valence-electron chi connectivity index (χ1n) is 8.37. The number of ether oxygens (including phenoxy) is 1. The van der Waals surface area contributed by atoms with E-state index in [2.05, 4.69) is 21.2 Å². The Morgan fingerprint density at radius 2 is 1.89 bits per heavy atom. The van der Waals surface area contributed by atoms with Crippen LogP contribution in [0.5, 0.6) is 5.75 Å². The van der Waals surface area contributed by atoms with Gasteiger partial charge in [-0.1, -0.05) is 45.2 Å². The van der Waals surface area contributed by atoms with Crippen LogP contribution in [0.4, 0.5) is 4.79 Å². The van der Waals surface area contributed by atoms with Gasteiger partial charge in [-0.25, -0.2) is 4.79 Å². The molecule has 0 spiro atoms. The Balaban J connectivity index is 1.68. The van der Waals surface area contributed by atoms with Crippen LogP contribution >= 0.6 is 39.1 Å². The Morgan fingerprint density at radius 3 is 2.54 bits per heavy atom. The molecule has 0 bridgehead atoms. The standard InChI is InChI=1S/C19H17BrCl2N2O4/c1-19(15-7-4-12(21)8-16(15)22)17(26)24(18(27)23-19)9-13(25)10-28-14-5-2-11(20)3-6-14/h2-8,13,25H,9-10H2,1H3,(H,23,27). The third-order valence-corrected chi connectivity index (χ3v) is 5.47. The van der Waals surface area contributed by atoms with Crippen LogP contribution in [0.2, 0.25) is 10.0 Å². The summed E-state index contributed by atoms with van der Waals surface area (Å²) in [6, 6.07) is 11.2. The van der Waals surface area contributed by atoms with Crippen LogP contribution in [0.25, 0.3) is 0 Å². The number of urea groups is 1. The van der Waals surface area contributed by atoms with Crippen molar-refractivity contribution in [1.29, 1.82) is 0 Å². The van der Waals surface area contributed by atoms with Crippen molar-refractivity contribution in [2.75, 3.05) is 13.2 Å². The maximum Gasteiger partial charge on any atom is 0.325 e. The largest absolute Gasteiger partial charge is 0.491 e. The third kappa shape index (κ3) is 4.27. The van der Waals surface area contributed by atoms with E-state index in [-0.39, 0.29) is 18.2 Å². The lowest BCUT2D eigenvalue weighted by molar-refractivity contribution is -0.132. The van der Waals surface area contributed by atoms with Crippen molar-refractivity contribution in [1.82, 2.24) is 10.2 Å². The molecule has 0 aromatic heterocycles. The summed E-state index contributed by atoms with van der Waals surface area (Å²) < 4.78 is 6.40. The van der Waals surface area contributed by atoms with E-state index in [1.54, 1.807) is 43.3 Å². The molecule has 9 heteroatoms. The van der Waals surface area contributed by atoms with Crippen molar-refractivity contribution in [3.63, 3.8) is 0 Å². The summed E-state index contributed by atoms with van der Waals surface area (Å²) in [4.78, 5) is 26.2. The normalized spacial score (nSPS) is 20.2. The van der Waals surface area contributed by atoms with E-state index in [0.717, 1.165) is 9.37 Å². The number of nitrogens with zero attached hydrogens (tertiary/aromatic N) is 1. The molecule has 2 aromatic carbocycles. The van der Waals surface area contributed by atoms with Gasteiger partial charge < -0.3 is 15.2 Å². The molecule has 2 N–H and O–H groups in total. The topological polar surface area (TPSA) is 78.9 Å². The first kappa shape index (κ1) is 20.9. The number of imide groups is 1. The number of halogens is 3. The molecule has 1 fully saturated rings. The molecule has 1 saturated heterocycles. The molecule has 2 aromatic rings. The van der Waals surface area contributed by atoms with Crippen molar-refractivity contribution in [3.05, 3.63) is 62.5 Å². The monoisotopic (exact) mass is 486 g/mol. The Bertz CT molecular complexity index is 909. The van der Waals surface area contributed by atoms with Crippen LogP contribution in [0.1, 0.15) is 12.5 Å². The summed E-state index contributed by atoms with van der Waals surface area (Å²) in [7, 11) is 0. The van der Waals surface area contributed by atoms with Crippen molar-refractivity contribution in [2.45, 2.75) is 18.6 Å². The number of aliphatic hydroxyl groups is 1. The van der Waals surface area contributed by atoms with Crippen LogP contribution in [-0.4, -0.2) is 41.2 Å². The molecule has 1 aliphatic heterocycles. The molecule has 148 valence electrons. The lowest BCUT2D eigenvalue weighted by Crippen LogP contribution is -2.43. The van der Waals surface area contributed by atoms with Crippen LogP contribution in [0, 0.1) is 0 Å². The highest BCUT2D eigenvalue weighted by Gasteiger charge is 2.50. The van der Waals surface area contributed by atoms with Gasteiger partial charge >= 0.3 is 6.03 Å². The maximum atomic E-state index is 12.9. The highest BCUT2D eigenvalue weighted by atomic mass is 79.9. The van der Waals surface area contributed by atoms with Crippen LogP contribution in [-0.2, 0) is 10.3 Å². The number of nitrogens with one attached hydrogen (secondary N) is 1. The Kier molecular flexibility index (Phi) is 6.19. The van der Waals surface area contributed by atoms with Crippen molar-refractivity contribution in [3.8, 4) is 5.75 Å². The number of amides is 3. The zero-order chi connectivity index (χ0) is 20.5. The minimum atomic E-state index is -1.34. The highest BCUT2D eigenvalue weighted by molar-refractivity contribution is 9.10. The maximum absolute atomic E-state index is 12.9. The second kappa shape index (κ2) is 8.29. The Labute approximate surface area is 180 Å². The van der Waals surface area contributed by atoms with Crippen LogP contribution < -0.4 is 10.1 Å². The van der Waals surface area contributed by atoms with Gasteiger partial charge in [0.25, 0.3) is 5.91 Å². The molecule has 3 rings (SSSR count). The highest BCUT2D eigenvalue weighted by Crippen LogP contribution is 2.35. The molecular weight excluding hydrogens is 471 g/mol. The molecule has 2 unspecified atom stereocenters. The summed E-state index contributed by atoms with van der Waals surface area (Å²) in [6.45, 7) is 1.28. The molecule has 28 heavy (non-hydrogen) atoms. The summed E-state index contributed by atoms with van der Waals surface area (Å²) in [5, 5.41) is 13.6. The molecule has 6 nitrogen and oxygen atoms in total. The van der Waals surface area contributed by atoms with Crippen molar-refractivity contribution in [2.24, 2.45) is 0 Å². The number of benzene rings is 2. The minimum absolute atomic E-state index is 0.0723. The van der Waals surface area contributed by atoms with Gasteiger partial charge in [-0.05, 0) is 43.3 Å². The lowest BCUT2D eigenvalue weighted by atomic mass is 9.92. The van der Waals surface area contributed by atoms with Gasteiger partial charge in [0, 0.05) is 20.1 Å². The molecule has 0 aliphatic carbocycles. The van der Waals surface area contributed by atoms with E-state index >= 15 is 0 Å².